The third-order valence-electron chi connectivity index (χ3n) is 4.56. The second-order valence-electron chi connectivity index (χ2n) is 6.99. The Morgan fingerprint density at radius 3 is 2.52 bits per heavy atom. The van der Waals surface area contributed by atoms with Crippen molar-refractivity contribution in [2.45, 2.75) is 37.9 Å². The molecule has 2 atom stereocenters. The van der Waals surface area contributed by atoms with Crippen LogP contribution in [0.4, 0.5) is 5.69 Å². The van der Waals surface area contributed by atoms with Gasteiger partial charge in [0.1, 0.15) is 5.75 Å². The number of amides is 1. The molecule has 1 aliphatic rings. The van der Waals surface area contributed by atoms with Gasteiger partial charge in [-0.05, 0) is 51.1 Å². The smallest absolute Gasteiger partial charge is 0.255 e. The lowest BCUT2D eigenvalue weighted by Gasteiger charge is -2.34. The molecule has 1 saturated heterocycles. The molecule has 1 aliphatic heterocycles. The molecule has 1 heterocycles. The largest absolute Gasteiger partial charge is 0.492 e. The molecule has 0 unspecified atom stereocenters. The lowest BCUT2D eigenvalue weighted by atomic mass is 10.2. The van der Waals surface area contributed by atoms with Gasteiger partial charge in [-0.1, -0.05) is 18.2 Å². The maximum Gasteiger partial charge on any atom is 0.255 e. The van der Waals surface area contributed by atoms with Gasteiger partial charge in [0.25, 0.3) is 5.91 Å². The topological polar surface area (TPSA) is 84.9 Å². The van der Waals surface area contributed by atoms with Crippen LogP contribution in [0.1, 0.15) is 31.1 Å². The van der Waals surface area contributed by atoms with Crippen molar-refractivity contribution in [1.82, 2.24) is 4.31 Å². The summed E-state index contributed by atoms with van der Waals surface area (Å²) in [6.45, 7) is 6.59. The van der Waals surface area contributed by atoms with Gasteiger partial charge >= 0.3 is 0 Å². The van der Waals surface area contributed by atoms with Crippen LogP contribution in [-0.2, 0) is 14.8 Å². The summed E-state index contributed by atoms with van der Waals surface area (Å²) in [6, 6.07) is 13.2. The minimum absolute atomic E-state index is 0.0875. The first-order valence-corrected chi connectivity index (χ1v) is 11.0. The minimum Gasteiger partial charge on any atom is -0.492 e. The Hall–Kier alpha value is -2.42. The molecular weight excluding hydrogens is 392 g/mol. The standard InChI is InChI=1S/C21H26N2O5S/c1-4-27-20-11-6-5-10-19(20)22-21(24)17-8-7-9-18(12-17)29(25,26)23-13-15(2)28-16(3)14-23/h5-12,15-16H,4,13-14H2,1-3H3,(H,22,24)/t15-,16+. The predicted octanol–water partition coefficient (Wildman–Crippen LogP) is 3.14. The summed E-state index contributed by atoms with van der Waals surface area (Å²) in [6.07, 6.45) is -0.370. The van der Waals surface area contributed by atoms with Gasteiger partial charge in [0.15, 0.2) is 0 Å². The number of ether oxygens (including phenoxy) is 2. The van der Waals surface area contributed by atoms with E-state index in [0.29, 0.717) is 18.0 Å². The van der Waals surface area contributed by atoms with Crippen LogP contribution in [0.3, 0.4) is 0 Å². The van der Waals surface area contributed by atoms with Gasteiger partial charge in [0.2, 0.25) is 10.0 Å². The van der Waals surface area contributed by atoms with E-state index in [0.717, 1.165) is 0 Å². The molecular formula is C21H26N2O5S. The Morgan fingerprint density at radius 2 is 1.83 bits per heavy atom. The Labute approximate surface area is 171 Å². The summed E-state index contributed by atoms with van der Waals surface area (Å²) in [4.78, 5) is 12.8. The number of nitrogens with zero attached hydrogens (tertiary/aromatic N) is 1. The molecule has 8 heteroatoms. The summed E-state index contributed by atoms with van der Waals surface area (Å²) >= 11 is 0. The number of nitrogens with one attached hydrogen (secondary N) is 1. The monoisotopic (exact) mass is 418 g/mol. The molecule has 1 N–H and O–H groups in total. The highest BCUT2D eigenvalue weighted by Crippen LogP contribution is 2.25. The number of morpholine rings is 1. The molecule has 0 aromatic heterocycles. The highest BCUT2D eigenvalue weighted by Gasteiger charge is 2.32. The third kappa shape index (κ3) is 4.95. The fourth-order valence-electron chi connectivity index (χ4n) is 3.32. The third-order valence-corrected chi connectivity index (χ3v) is 6.38. The van der Waals surface area contributed by atoms with Crippen LogP contribution in [0.2, 0.25) is 0 Å². The lowest BCUT2D eigenvalue weighted by molar-refractivity contribution is -0.0440. The van der Waals surface area contributed by atoms with E-state index in [1.165, 1.54) is 16.4 Å². The summed E-state index contributed by atoms with van der Waals surface area (Å²) in [7, 11) is -3.72. The first-order valence-electron chi connectivity index (χ1n) is 9.60. The van der Waals surface area contributed by atoms with E-state index in [-0.39, 0.29) is 35.8 Å². The number of sulfonamides is 1. The van der Waals surface area contributed by atoms with Crippen molar-refractivity contribution in [3.8, 4) is 5.75 Å². The van der Waals surface area contributed by atoms with E-state index in [4.69, 9.17) is 9.47 Å². The number of rotatable bonds is 6. The molecule has 0 bridgehead atoms. The molecule has 0 spiro atoms. The lowest BCUT2D eigenvalue weighted by Crippen LogP contribution is -2.48. The van der Waals surface area contributed by atoms with Gasteiger partial charge in [-0.2, -0.15) is 4.31 Å². The van der Waals surface area contributed by atoms with Gasteiger partial charge in [-0.15, -0.1) is 0 Å². The Morgan fingerprint density at radius 1 is 1.14 bits per heavy atom. The van der Waals surface area contributed by atoms with Crippen molar-refractivity contribution >= 4 is 21.6 Å². The summed E-state index contributed by atoms with van der Waals surface area (Å²) in [5, 5.41) is 2.79. The average Bonchev–Trinajstić information content (AvgIpc) is 2.69. The fourth-order valence-corrected chi connectivity index (χ4v) is 4.96. The highest BCUT2D eigenvalue weighted by molar-refractivity contribution is 7.89. The Kier molecular flexibility index (Phi) is 6.56. The van der Waals surface area contributed by atoms with Gasteiger partial charge in [0.05, 0.1) is 29.4 Å². The molecule has 0 saturated carbocycles. The zero-order valence-corrected chi connectivity index (χ0v) is 17.6. The van der Waals surface area contributed by atoms with Crippen LogP contribution in [0.5, 0.6) is 5.75 Å². The molecule has 0 aliphatic carbocycles. The molecule has 1 fully saturated rings. The first-order chi connectivity index (χ1) is 13.8. The zero-order valence-electron chi connectivity index (χ0n) is 16.8. The first kappa shape index (κ1) is 21.3. The normalized spacial score (nSPS) is 20.2. The second-order valence-corrected chi connectivity index (χ2v) is 8.93. The number of carbonyl (C=O) groups is 1. The Balaban J connectivity index is 1.83. The van der Waals surface area contributed by atoms with Gasteiger partial charge < -0.3 is 14.8 Å². The maximum atomic E-state index is 13.1. The van der Waals surface area contributed by atoms with Gasteiger partial charge in [0, 0.05) is 18.7 Å². The average molecular weight is 419 g/mol. The van der Waals surface area contributed by atoms with Crippen LogP contribution in [0.25, 0.3) is 0 Å². The summed E-state index contributed by atoms with van der Waals surface area (Å²) in [5.74, 6) is 0.154. The number of carbonyl (C=O) groups excluding carboxylic acids is 1. The van der Waals surface area contributed by atoms with Crippen LogP contribution in [0, 0.1) is 0 Å². The SMILES string of the molecule is CCOc1ccccc1NC(=O)c1cccc(S(=O)(=O)N2C[C@@H](C)O[C@@H](C)C2)c1. The van der Waals surface area contributed by atoms with E-state index in [1.54, 1.807) is 30.3 Å². The maximum absolute atomic E-state index is 13.1. The van der Waals surface area contributed by atoms with Crippen molar-refractivity contribution in [3.05, 3.63) is 54.1 Å². The van der Waals surface area contributed by atoms with Crippen molar-refractivity contribution in [2.24, 2.45) is 0 Å². The molecule has 1 amide bonds. The van der Waals surface area contributed by atoms with Crippen molar-refractivity contribution in [2.75, 3.05) is 25.0 Å². The number of para-hydroxylation sites is 2. The van der Waals surface area contributed by atoms with Crippen molar-refractivity contribution in [3.63, 3.8) is 0 Å². The highest BCUT2D eigenvalue weighted by atomic mass is 32.2. The van der Waals surface area contributed by atoms with Crippen LogP contribution < -0.4 is 10.1 Å². The Bertz CT molecular complexity index is 967. The zero-order chi connectivity index (χ0) is 21.0. The van der Waals surface area contributed by atoms with E-state index in [2.05, 4.69) is 5.32 Å². The van der Waals surface area contributed by atoms with Gasteiger partial charge in [-0.25, -0.2) is 8.42 Å². The molecule has 156 valence electrons. The predicted molar refractivity (Wildman–Crippen MR) is 111 cm³/mol. The van der Waals surface area contributed by atoms with E-state index in [1.807, 2.05) is 26.8 Å². The molecule has 2 aromatic rings. The minimum atomic E-state index is -3.72. The summed E-state index contributed by atoms with van der Waals surface area (Å²) in [5.41, 5.74) is 0.787. The molecule has 3 rings (SSSR count). The van der Waals surface area contributed by atoms with Crippen molar-refractivity contribution in [1.29, 1.82) is 0 Å². The quantitative estimate of drug-likeness (QED) is 0.779. The second kappa shape index (κ2) is 8.94. The van der Waals surface area contributed by atoms with E-state index in [9.17, 15) is 13.2 Å². The summed E-state index contributed by atoms with van der Waals surface area (Å²) < 4.78 is 38.7. The van der Waals surface area contributed by atoms with E-state index >= 15 is 0 Å². The van der Waals surface area contributed by atoms with Crippen LogP contribution in [-0.4, -0.2) is 50.5 Å². The van der Waals surface area contributed by atoms with Crippen molar-refractivity contribution < 1.29 is 22.7 Å². The molecule has 7 nitrogen and oxygen atoms in total. The number of hydrogen-bond acceptors (Lipinski definition) is 5. The molecule has 0 radical (unpaired) electrons. The van der Waals surface area contributed by atoms with E-state index < -0.39 is 15.9 Å². The number of benzene rings is 2. The van der Waals surface area contributed by atoms with Gasteiger partial charge in [-0.3, -0.25) is 4.79 Å². The van der Waals surface area contributed by atoms with Crippen LogP contribution in [0.15, 0.2) is 53.4 Å². The van der Waals surface area contributed by atoms with Crippen LogP contribution >= 0.6 is 0 Å². The molecule has 2 aromatic carbocycles. The number of hydrogen-bond donors (Lipinski definition) is 1. The molecule has 29 heavy (non-hydrogen) atoms. The number of anilines is 1. The fraction of sp³-hybridized carbons (Fsp3) is 0.381.